The molecule has 2 aromatic rings. The minimum Gasteiger partial charge on any atom is -0.481 e. The Hall–Kier alpha value is -1.55. The summed E-state index contributed by atoms with van der Waals surface area (Å²) in [6.07, 6.45) is 12.1. The van der Waals surface area contributed by atoms with Crippen LogP contribution in [-0.4, -0.2) is 11.1 Å². The molecule has 5 heteroatoms. The van der Waals surface area contributed by atoms with E-state index >= 15 is 0 Å². The Balaban J connectivity index is 0.000000247. The summed E-state index contributed by atoms with van der Waals surface area (Å²) in [6.45, 7) is 2.22. The van der Waals surface area contributed by atoms with Crippen LogP contribution in [0.1, 0.15) is 106 Å². The van der Waals surface area contributed by atoms with Crippen LogP contribution in [0.4, 0.5) is 0 Å². The molecule has 32 heavy (non-hydrogen) atoms. The molecule has 3 nitrogen and oxygen atoms in total. The molecule has 0 aliphatic heterocycles. The van der Waals surface area contributed by atoms with Gasteiger partial charge in [-0.1, -0.05) is 105 Å². The van der Waals surface area contributed by atoms with Gasteiger partial charge in [-0.05, 0) is 48.1 Å². The van der Waals surface area contributed by atoms with Gasteiger partial charge in [-0.25, -0.2) is 0 Å². The van der Waals surface area contributed by atoms with Gasteiger partial charge in [0, 0.05) is 18.4 Å². The molecule has 1 aliphatic carbocycles. The molecule has 3 rings (SSSR count). The highest BCUT2D eigenvalue weighted by Gasteiger charge is 2.26. The van der Waals surface area contributed by atoms with Gasteiger partial charge in [-0.2, -0.15) is 0 Å². The number of halogens is 2. The van der Waals surface area contributed by atoms with Crippen molar-refractivity contribution >= 4 is 29.2 Å². The van der Waals surface area contributed by atoms with Crippen LogP contribution in [0, 0.1) is 0 Å². The monoisotopic (exact) mass is 477 g/mol. The van der Waals surface area contributed by atoms with Crippen molar-refractivity contribution in [3.8, 4) is 0 Å². The molecule has 3 N–H and O–H groups in total. The molecule has 0 unspecified atom stereocenters. The minimum atomic E-state index is -0.661. The second kappa shape index (κ2) is 14.6. The number of unbranched alkanes of at least 4 members (excludes halogenated alkanes) is 7. The van der Waals surface area contributed by atoms with Gasteiger partial charge in [-0.15, -0.1) is 0 Å². The van der Waals surface area contributed by atoms with E-state index in [1.807, 2.05) is 12.1 Å². The van der Waals surface area contributed by atoms with E-state index in [9.17, 15) is 4.79 Å². The third-order valence-electron chi connectivity index (χ3n) is 6.13. The Morgan fingerprint density at radius 1 is 0.906 bits per heavy atom. The first-order valence-electron chi connectivity index (χ1n) is 11.9. The van der Waals surface area contributed by atoms with E-state index in [0.29, 0.717) is 22.4 Å². The zero-order chi connectivity index (χ0) is 23.3. The molecule has 0 heterocycles. The number of fused-ring (bicyclic) bond motifs is 1. The normalized spacial score (nSPS) is 17.2. The molecular formula is C27H37Cl2NO2. The van der Waals surface area contributed by atoms with E-state index in [1.54, 1.807) is 0 Å². The fourth-order valence-electron chi connectivity index (χ4n) is 4.31. The van der Waals surface area contributed by atoms with Crippen LogP contribution in [-0.2, 0) is 4.79 Å². The maximum Gasteiger partial charge on any atom is 0.303 e. The third kappa shape index (κ3) is 8.77. The number of aliphatic carboxylic acids is 1. The van der Waals surface area contributed by atoms with Gasteiger partial charge in [0.05, 0.1) is 10.0 Å². The van der Waals surface area contributed by atoms with E-state index < -0.39 is 5.97 Å². The highest BCUT2D eigenvalue weighted by Crippen LogP contribution is 2.41. The second-order valence-electron chi connectivity index (χ2n) is 8.66. The molecule has 0 amide bonds. The van der Waals surface area contributed by atoms with E-state index in [1.165, 1.54) is 55.2 Å². The summed E-state index contributed by atoms with van der Waals surface area (Å²) in [5.74, 6) is -0.295. The fraction of sp³-hybridized carbons (Fsp3) is 0.519. The smallest absolute Gasteiger partial charge is 0.303 e. The van der Waals surface area contributed by atoms with Gasteiger partial charge in [0.25, 0.3) is 0 Å². The molecule has 0 radical (unpaired) electrons. The van der Waals surface area contributed by atoms with Crippen molar-refractivity contribution in [2.24, 2.45) is 5.73 Å². The molecule has 1 aliphatic rings. The third-order valence-corrected chi connectivity index (χ3v) is 6.87. The van der Waals surface area contributed by atoms with Crippen LogP contribution in [0.2, 0.25) is 10.0 Å². The summed E-state index contributed by atoms with van der Waals surface area (Å²) >= 11 is 12.1. The van der Waals surface area contributed by atoms with Crippen LogP contribution in [0.25, 0.3) is 0 Å². The van der Waals surface area contributed by atoms with Crippen molar-refractivity contribution in [1.82, 2.24) is 0 Å². The average molecular weight is 479 g/mol. The first kappa shape index (κ1) is 26.7. The Morgan fingerprint density at radius 2 is 1.53 bits per heavy atom. The summed E-state index contributed by atoms with van der Waals surface area (Å²) in [5.41, 5.74) is 9.98. The SMILES string of the molecule is CCCCCCCCCCC(=O)O.N[C@H]1CC[C@@H](c2ccc(Cl)c(Cl)c2)c2ccccc21. The first-order valence-corrected chi connectivity index (χ1v) is 12.7. The Kier molecular flexibility index (Phi) is 12.2. The minimum absolute atomic E-state index is 0.148. The number of rotatable bonds is 10. The van der Waals surface area contributed by atoms with Gasteiger partial charge < -0.3 is 10.8 Å². The van der Waals surface area contributed by atoms with Gasteiger partial charge in [0.2, 0.25) is 0 Å². The fourth-order valence-corrected chi connectivity index (χ4v) is 4.62. The summed E-state index contributed by atoms with van der Waals surface area (Å²) < 4.78 is 0. The molecule has 0 fully saturated rings. The standard InChI is InChI=1S/C16H15Cl2N.C11H22O2/c17-14-7-5-10(9-15(14)18)11-6-8-16(19)13-4-2-1-3-12(11)13;1-2-3-4-5-6-7-8-9-10-11(12)13/h1-5,7,9,11,16H,6,8,19H2;2-10H2,1H3,(H,12,13)/t11-,16-;/m0./s1. The lowest BCUT2D eigenvalue weighted by molar-refractivity contribution is -0.137. The number of carboxylic acids is 1. The molecule has 2 atom stereocenters. The molecule has 0 spiro atoms. The lowest BCUT2D eigenvalue weighted by Crippen LogP contribution is -2.20. The number of nitrogens with two attached hydrogens (primary N) is 1. The molecule has 2 aromatic carbocycles. The van der Waals surface area contributed by atoms with E-state index in [0.717, 1.165) is 25.7 Å². The van der Waals surface area contributed by atoms with E-state index in [-0.39, 0.29) is 6.04 Å². The predicted molar refractivity (Wildman–Crippen MR) is 136 cm³/mol. The molecule has 0 saturated carbocycles. The topological polar surface area (TPSA) is 63.3 Å². The van der Waals surface area contributed by atoms with Crippen molar-refractivity contribution in [3.63, 3.8) is 0 Å². The van der Waals surface area contributed by atoms with Gasteiger partial charge in [0.15, 0.2) is 0 Å². The second-order valence-corrected chi connectivity index (χ2v) is 9.47. The maximum atomic E-state index is 10.2. The summed E-state index contributed by atoms with van der Waals surface area (Å²) in [7, 11) is 0. The van der Waals surface area contributed by atoms with Gasteiger partial charge in [0.1, 0.15) is 0 Å². The summed E-state index contributed by atoms with van der Waals surface area (Å²) in [5, 5.41) is 9.61. The lowest BCUT2D eigenvalue weighted by Gasteiger charge is -2.30. The average Bonchev–Trinajstić information content (AvgIpc) is 2.78. The molecular weight excluding hydrogens is 441 g/mol. The molecule has 0 bridgehead atoms. The number of hydrogen-bond donors (Lipinski definition) is 2. The van der Waals surface area contributed by atoms with Crippen molar-refractivity contribution in [2.75, 3.05) is 0 Å². The zero-order valence-corrected chi connectivity index (χ0v) is 20.7. The van der Waals surface area contributed by atoms with Gasteiger partial charge in [-0.3, -0.25) is 4.79 Å². The Bertz CT molecular complexity index is 840. The van der Waals surface area contributed by atoms with Crippen molar-refractivity contribution < 1.29 is 9.90 Å². The van der Waals surface area contributed by atoms with Crippen molar-refractivity contribution in [2.45, 2.75) is 89.5 Å². The molecule has 176 valence electrons. The molecule has 0 aromatic heterocycles. The number of carbonyl (C=O) groups is 1. The van der Waals surface area contributed by atoms with Crippen LogP contribution in [0.15, 0.2) is 42.5 Å². The van der Waals surface area contributed by atoms with E-state index in [2.05, 4.69) is 37.3 Å². The van der Waals surface area contributed by atoms with Crippen LogP contribution >= 0.6 is 23.2 Å². The quantitative estimate of drug-likeness (QED) is 0.336. The zero-order valence-electron chi connectivity index (χ0n) is 19.2. The highest BCUT2D eigenvalue weighted by atomic mass is 35.5. The predicted octanol–water partition coefficient (Wildman–Crippen LogP) is 8.52. The highest BCUT2D eigenvalue weighted by molar-refractivity contribution is 6.42. The largest absolute Gasteiger partial charge is 0.481 e. The van der Waals surface area contributed by atoms with Crippen LogP contribution < -0.4 is 5.73 Å². The Labute approximate surface area is 203 Å². The summed E-state index contributed by atoms with van der Waals surface area (Å²) in [6, 6.07) is 14.5. The number of hydrogen-bond acceptors (Lipinski definition) is 2. The van der Waals surface area contributed by atoms with Crippen LogP contribution in [0.3, 0.4) is 0 Å². The van der Waals surface area contributed by atoms with Gasteiger partial charge >= 0.3 is 5.97 Å². The van der Waals surface area contributed by atoms with Crippen molar-refractivity contribution in [3.05, 3.63) is 69.2 Å². The molecule has 0 saturated heterocycles. The lowest BCUT2D eigenvalue weighted by atomic mass is 9.77. The maximum absolute atomic E-state index is 10.2. The number of benzene rings is 2. The summed E-state index contributed by atoms with van der Waals surface area (Å²) in [4.78, 5) is 10.2. The number of carboxylic acid groups (broad SMARTS) is 1. The van der Waals surface area contributed by atoms with E-state index in [4.69, 9.17) is 34.0 Å². The Morgan fingerprint density at radius 3 is 2.16 bits per heavy atom. The van der Waals surface area contributed by atoms with Crippen LogP contribution in [0.5, 0.6) is 0 Å². The van der Waals surface area contributed by atoms with Crippen molar-refractivity contribution in [1.29, 1.82) is 0 Å². The first-order chi connectivity index (χ1) is 15.4.